The Morgan fingerprint density at radius 1 is 1.13 bits per heavy atom. The van der Waals surface area contributed by atoms with Gasteiger partial charge in [0.1, 0.15) is 6.10 Å². The molecule has 0 aromatic rings. The number of aliphatic hydroxyl groups is 3. The molecule has 38 heavy (non-hydrogen) atoms. The van der Waals surface area contributed by atoms with Crippen molar-refractivity contribution in [2.24, 2.45) is 46.8 Å². The summed E-state index contributed by atoms with van der Waals surface area (Å²) in [6.07, 6.45) is 12.2. The summed E-state index contributed by atoms with van der Waals surface area (Å²) in [5.41, 5.74) is 3.53. The molecule has 0 bridgehead atoms. The summed E-state index contributed by atoms with van der Waals surface area (Å²) >= 11 is 0. The summed E-state index contributed by atoms with van der Waals surface area (Å²) < 4.78 is 5.85. The molecule has 0 aromatic carbocycles. The van der Waals surface area contributed by atoms with Crippen molar-refractivity contribution in [1.82, 2.24) is 0 Å². The topological polar surface area (TPSA) is 87.0 Å². The highest BCUT2D eigenvalue weighted by Crippen LogP contribution is 2.60. The Morgan fingerprint density at radius 3 is 2.55 bits per heavy atom. The summed E-state index contributed by atoms with van der Waals surface area (Å²) in [4.78, 5) is 12.4. The van der Waals surface area contributed by atoms with Crippen LogP contribution in [0.15, 0.2) is 35.5 Å². The van der Waals surface area contributed by atoms with E-state index in [0.29, 0.717) is 48.5 Å². The van der Waals surface area contributed by atoms with E-state index in [1.807, 2.05) is 0 Å². The van der Waals surface area contributed by atoms with Gasteiger partial charge in [-0.15, -0.1) is 0 Å². The van der Waals surface area contributed by atoms with Crippen molar-refractivity contribution < 1.29 is 24.9 Å². The first-order chi connectivity index (χ1) is 18.0. The molecule has 1 unspecified atom stereocenters. The van der Waals surface area contributed by atoms with Crippen LogP contribution in [0.25, 0.3) is 0 Å². The number of carbonyl (C=O) groups is 1. The minimum Gasteiger partial charge on any atom is -0.459 e. The third-order valence-electron chi connectivity index (χ3n) is 11.5. The summed E-state index contributed by atoms with van der Waals surface area (Å²) in [6, 6.07) is 0. The van der Waals surface area contributed by atoms with Crippen LogP contribution in [0.3, 0.4) is 0 Å². The zero-order chi connectivity index (χ0) is 27.8. The van der Waals surface area contributed by atoms with Gasteiger partial charge in [-0.25, -0.2) is 4.79 Å². The van der Waals surface area contributed by atoms with E-state index in [1.165, 1.54) is 31.3 Å². The highest BCUT2D eigenvalue weighted by atomic mass is 16.5. The molecule has 3 N–H and O–H groups in total. The standard InChI is InChI=1S/C33H52O5/c1-19(17-30-21(3)20(2)22(4)32(37)38-30)27-13-14-28-24(9-7-15-33(27,28)6)11-12-25-18-29(35)26(10-8-16-34)31(36)23(25)5/h11-12,19-21,23,26-31,34-36H,4,7-10,13-18H2,1-3,5-6H3/b24-11+,25-12-/t19-,20+,21-,23?,26+,27-,28+,29-,30+,31-,33-/m1/s1. The molecule has 214 valence electrons. The Morgan fingerprint density at radius 2 is 1.84 bits per heavy atom. The van der Waals surface area contributed by atoms with E-state index in [4.69, 9.17) is 4.74 Å². The molecule has 0 aromatic heterocycles. The van der Waals surface area contributed by atoms with E-state index in [9.17, 15) is 20.1 Å². The second kappa shape index (κ2) is 12.0. The van der Waals surface area contributed by atoms with Crippen LogP contribution in [-0.2, 0) is 9.53 Å². The van der Waals surface area contributed by atoms with Crippen LogP contribution in [-0.4, -0.2) is 46.2 Å². The van der Waals surface area contributed by atoms with Crippen molar-refractivity contribution in [1.29, 1.82) is 0 Å². The van der Waals surface area contributed by atoms with Crippen molar-refractivity contribution in [3.63, 3.8) is 0 Å². The van der Waals surface area contributed by atoms with Crippen LogP contribution in [0.2, 0.25) is 0 Å². The van der Waals surface area contributed by atoms with Crippen LogP contribution < -0.4 is 0 Å². The van der Waals surface area contributed by atoms with Crippen molar-refractivity contribution in [3.8, 4) is 0 Å². The number of hydrogen-bond donors (Lipinski definition) is 3. The quantitative estimate of drug-likeness (QED) is 0.279. The number of fused-ring (bicyclic) bond motifs is 1. The monoisotopic (exact) mass is 528 g/mol. The molecule has 0 radical (unpaired) electrons. The third-order valence-corrected chi connectivity index (χ3v) is 11.5. The lowest BCUT2D eigenvalue weighted by atomic mass is 9.60. The lowest BCUT2D eigenvalue weighted by Crippen LogP contribution is -2.42. The number of cyclic esters (lactones) is 1. The first kappa shape index (κ1) is 29.6. The number of rotatable bonds is 7. The Kier molecular flexibility index (Phi) is 9.32. The van der Waals surface area contributed by atoms with Gasteiger partial charge in [0.15, 0.2) is 0 Å². The van der Waals surface area contributed by atoms with Crippen LogP contribution >= 0.6 is 0 Å². The average molecular weight is 529 g/mol. The van der Waals surface area contributed by atoms with Crippen molar-refractivity contribution in [2.75, 3.05) is 6.61 Å². The molecule has 4 aliphatic rings. The molecule has 3 saturated carbocycles. The predicted octanol–water partition coefficient (Wildman–Crippen LogP) is 5.99. The molecule has 1 heterocycles. The van der Waals surface area contributed by atoms with E-state index >= 15 is 0 Å². The Labute approximate surface area is 230 Å². The molecular weight excluding hydrogens is 476 g/mol. The van der Waals surface area contributed by atoms with Gasteiger partial charge >= 0.3 is 5.97 Å². The van der Waals surface area contributed by atoms with E-state index in [1.54, 1.807) is 0 Å². The van der Waals surface area contributed by atoms with Gasteiger partial charge in [-0.2, -0.15) is 0 Å². The SMILES string of the molecule is C=C1C(=O)O[C@@H](C[C@@H](C)[C@H]2CC[C@H]3/C(=C/C=C4/C[C@@H](O)[C@H](CCCO)[C@H](O)C4C)CCC[C@]23C)[C@H](C)[C@@H]1C. The van der Waals surface area contributed by atoms with Gasteiger partial charge in [0, 0.05) is 24.0 Å². The summed E-state index contributed by atoms with van der Waals surface area (Å²) in [7, 11) is 0. The molecule has 4 rings (SSSR count). The molecule has 1 aliphatic heterocycles. The Balaban J connectivity index is 1.46. The molecule has 5 heteroatoms. The maximum absolute atomic E-state index is 12.4. The minimum absolute atomic E-state index is 0.0175. The van der Waals surface area contributed by atoms with Gasteiger partial charge in [-0.1, -0.05) is 64.5 Å². The zero-order valence-electron chi connectivity index (χ0n) is 24.4. The molecule has 5 nitrogen and oxygen atoms in total. The first-order valence-electron chi connectivity index (χ1n) is 15.3. The van der Waals surface area contributed by atoms with E-state index in [-0.39, 0.29) is 41.8 Å². The lowest BCUT2D eigenvalue weighted by Gasteiger charge is -2.45. The van der Waals surface area contributed by atoms with Crippen molar-refractivity contribution in [3.05, 3.63) is 35.5 Å². The van der Waals surface area contributed by atoms with Gasteiger partial charge in [0.25, 0.3) is 0 Å². The van der Waals surface area contributed by atoms with Crippen LogP contribution in [0.4, 0.5) is 0 Å². The van der Waals surface area contributed by atoms with Crippen molar-refractivity contribution >= 4 is 5.97 Å². The second-order valence-electron chi connectivity index (χ2n) is 13.5. The molecule has 0 spiro atoms. The first-order valence-corrected chi connectivity index (χ1v) is 15.3. The van der Waals surface area contributed by atoms with Gasteiger partial charge in [-0.05, 0) is 92.8 Å². The highest BCUT2D eigenvalue weighted by molar-refractivity contribution is 5.89. The van der Waals surface area contributed by atoms with E-state index in [0.717, 1.165) is 18.4 Å². The zero-order valence-corrected chi connectivity index (χ0v) is 24.4. The number of ether oxygens (including phenoxy) is 1. The van der Waals surface area contributed by atoms with Crippen molar-refractivity contribution in [2.45, 2.75) is 111 Å². The maximum atomic E-state index is 12.4. The normalized spacial score (nSPS) is 44.8. The fourth-order valence-corrected chi connectivity index (χ4v) is 8.67. The number of hydrogen-bond acceptors (Lipinski definition) is 5. The van der Waals surface area contributed by atoms with E-state index < -0.39 is 12.2 Å². The molecular formula is C33H52O5. The lowest BCUT2D eigenvalue weighted by molar-refractivity contribution is -0.155. The molecule has 11 atom stereocenters. The van der Waals surface area contributed by atoms with Gasteiger partial charge < -0.3 is 20.1 Å². The highest BCUT2D eigenvalue weighted by Gasteiger charge is 2.51. The molecule has 0 amide bonds. The summed E-state index contributed by atoms with van der Waals surface area (Å²) in [5.74, 6) is 1.77. The van der Waals surface area contributed by atoms with Crippen LogP contribution in [0.5, 0.6) is 0 Å². The number of allylic oxidation sites excluding steroid dienone is 3. The predicted molar refractivity (Wildman–Crippen MR) is 151 cm³/mol. The van der Waals surface area contributed by atoms with Gasteiger partial charge in [-0.3, -0.25) is 0 Å². The number of carbonyl (C=O) groups excluding carboxylic acids is 1. The smallest absolute Gasteiger partial charge is 0.333 e. The third kappa shape index (κ3) is 5.58. The largest absolute Gasteiger partial charge is 0.459 e. The molecule has 1 saturated heterocycles. The van der Waals surface area contributed by atoms with E-state index in [2.05, 4.69) is 53.3 Å². The fourth-order valence-electron chi connectivity index (χ4n) is 8.67. The number of esters is 1. The molecule has 4 fully saturated rings. The van der Waals surface area contributed by atoms with Crippen LogP contribution in [0, 0.1) is 46.8 Å². The Bertz CT molecular complexity index is 936. The maximum Gasteiger partial charge on any atom is 0.333 e. The summed E-state index contributed by atoms with van der Waals surface area (Å²) in [5, 5.41) is 30.8. The second-order valence-corrected chi connectivity index (χ2v) is 13.5. The fraction of sp³-hybridized carbons (Fsp3) is 0.788. The Hall–Kier alpha value is -1.43. The molecule has 3 aliphatic carbocycles. The van der Waals surface area contributed by atoms with Gasteiger partial charge in [0.05, 0.1) is 12.2 Å². The number of aliphatic hydroxyl groups excluding tert-OH is 3. The van der Waals surface area contributed by atoms with Crippen LogP contribution in [0.1, 0.15) is 92.4 Å². The minimum atomic E-state index is -0.570. The average Bonchev–Trinajstić information content (AvgIpc) is 3.24. The summed E-state index contributed by atoms with van der Waals surface area (Å²) in [6.45, 7) is 15.3. The van der Waals surface area contributed by atoms with Gasteiger partial charge in [0.2, 0.25) is 0 Å².